The van der Waals surface area contributed by atoms with E-state index in [1.807, 2.05) is 19.2 Å². The first-order valence-corrected chi connectivity index (χ1v) is 17.3. The molecule has 50 heavy (non-hydrogen) atoms. The molecular formula is C42H45N6O2+. The van der Waals surface area contributed by atoms with Gasteiger partial charge < -0.3 is 29.2 Å². The summed E-state index contributed by atoms with van der Waals surface area (Å²) < 4.78 is 13.0. The highest BCUT2D eigenvalue weighted by atomic mass is 16.5. The topological polar surface area (TPSA) is 87.8 Å². The molecule has 7 rings (SSSR count). The average molecular weight is 666 g/mol. The Bertz CT molecular complexity index is 2190. The third-order valence-corrected chi connectivity index (χ3v) is 8.77. The summed E-state index contributed by atoms with van der Waals surface area (Å²) in [5.41, 5.74) is 11.6. The van der Waals surface area contributed by atoms with Crippen LogP contribution in [0.4, 0.5) is 0 Å². The zero-order valence-corrected chi connectivity index (χ0v) is 29.3. The number of hydrogen-bond acceptors (Lipinski definition) is 5. The van der Waals surface area contributed by atoms with Gasteiger partial charge in [0, 0.05) is 39.6 Å². The van der Waals surface area contributed by atoms with Crippen molar-refractivity contribution >= 4 is 46.4 Å². The molecular weight excluding hydrogens is 621 g/mol. The van der Waals surface area contributed by atoms with Crippen molar-refractivity contribution in [3.8, 4) is 33.8 Å². The number of nitrogens with one attached hydrogen (secondary N) is 3. The molecule has 5 aromatic rings. The second-order valence-electron chi connectivity index (χ2n) is 13.8. The van der Waals surface area contributed by atoms with Gasteiger partial charge in [0.1, 0.15) is 11.5 Å². The van der Waals surface area contributed by atoms with E-state index < -0.39 is 0 Å². The molecule has 2 aromatic carbocycles. The Morgan fingerprint density at radius 1 is 0.600 bits per heavy atom. The fraction of sp³-hybridized carbons (Fsp3) is 0.238. The quantitative estimate of drug-likeness (QED) is 0.0901. The van der Waals surface area contributed by atoms with Crippen LogP contribution in [0, 0.1) is 0 Å². The van der Waals surface area contributed by atoms with Crippen LogP contribution in [0.1, 0.15) is 35.6 Å². The average Bonchev–Trinajstić information content (AvgIpc) is 3.93. The van der Waals surface area contributed by atoms with Crippen LogP contribution in [0.15, 0.2) is 84.9 Å². The number of fused-ring (bicyclic) bond motifs is 8. The molecule has 3 N–H and O–H groups in total. The zero-order valence-electron chi connectivity index (χ0n) is 29.3. The SMILES string of the molecule is CNCCCOc1ccc(-c2c3nc(cc4ccc([nH]4)c(-c4ccc(OCCC[N+](C)(C)C)cc4)c4nc(cc5ccc2[nH]5)C=C4)C=C3)cc1. The van der Waals surface area contributed by atoms with Gasteiger partial charge in [-0.15, -0.1) is 0 Å². The lowest BCUT2D eigenvalue weighted by Crippen LogP contribution is -2.35. The van der Waals surface area contributed by atoms with Crippen LogP contribution >= 0.6 is 0 Å². The normalized spacial score (nSPS) is 12.4. The maximum absolute atomic E-state index is 6.08. The first kappa shape index (κ1) is 33.1. The molecule has 0 saturated carbocycles. The predicted octanol–water partition coefficient (Wildman–Crippen LogP) is 8.45. The molecule has 0 spiro atoms. The maximum Gasteiger partial charge on any atom is 0.119 e. The summed E-state index contributed by atoms with van der Waals surface area (Å²) in [6, 6.07) is 29.2. The van der Waals surface area contributed by atoms with Gasteiger partial charge >= 0.3 is 0 Å². The number of rotatable bonds is 12. The predicted molar refractivity (Wildman–Crippen MR) is 207 cm³/mol. The van der Waals surface area contributed by atoms with Gasteiger partial charge in [-0.3, -0.25) is 0 Å². The van der Waals surface area contributed by atoms with Gasteiger partial charge in [-0.25, -0.2) is 9.97 Å². The van der Waals surface area contributed by atoms with E-state index >= 15 is 0 Å². The first-order valence-electron chi connectivity index (χ1n) is 17.3. The molecule has 2 aliphatic heterocycles. The Morgan fingerprint density at radius 2 is 1.08 bits per heavy atom. The van der Waals surface area contributed by atoms with E-state index in [1.165, 1.54) is 0 Å². The van der Waals surface area contributed by atoms with Crippen molar-refractivity contribution in [3.05, 3.63) is 108 Å². The lowest BCUT2D eigenvalue weighted by atomic mass is 10.0. The molecule has 0 fully saturated rings. The van der Waals surface area contributed by atoms with Crippen molar-refractivity contribution < 1.29 is 14.0 Å². The van der Waals surface area contributed by atoms with Crippen LogP contribution in [-0.2, 0) is 0 Å². The van der Waals surface area contributed by atoms with Crippen molar-refractivity contribution in [2.45, 2.75) is 12.8 Å². The first-order chi connectivity index (χ1) is 24.3. The summed E-state index contributed by atoms with van der Waals surface area (Å²) in [5.74, 6) is 1.73. The van der Waals surface area contributed by atoms with Gasteiger partial charge in [0.25, 0.3) is 0 Å². The second-order valence-corrected chi connectivity index (χ2v) is 13.8. The Kier molecular flexibility index (Phi) is 9.65. The van der Waals surface area contributed by atoms with Crippen molar-refractivity contribution in [2.75, 3.05) is 54.5 Å². The number of aromatic amines is 2. The van der Waals surface area contributed by atoms with Crippen LogP contribution in [0.3, 0.4) is 0 Å². The second kappa shape index (κ2) is 14.6. The molecule has 8 bridgehead atoms. The van der Waals surface area contributed by atoms with Crippen molar-refractivity contribution in [1.82, 2.24) is 25.3 Å². The largest absolute Gasteiger partial charge is 0.494 e. The molecule has 0 unspecified atom stereocenters. The van der Waals surface area contributed by atoms with E-state index in [9.17, 15) is 0 Å². The summed E-state index contributed by atoms with van der Waals surface area (Å²) in [7, 11) is 8.56. The van der Waals surface area contributed by atoms with Crippen molar-refractivity contribution in [1.29, 1.82) is 0 Å². The molecule has 3 aromatic heterocycles. The van der Waals surface area contributed by atoms with E-state index in [1.54, 1.807) is 0 Å². The maximum atomic E-state index is 6.08. The minimum atomic E-state index is 0.673. The Morgan fingerprint density at radius 3 is 1.54 bits per heavy atom. The molecule has 0 aliphatic carbocycles. The summed E-state index contributed by atoms with van der Waals surface area (Å²) in [4.78, 5) is 17.5. The van der Waals surface area contributed by atoms with Gasteiger partial charge in [-0.2, -0.15) is 0 Å². The Hall–Kier alpha value is -5.44. The molecule has 0 atom stereocenters. The molecule has 0 amide bonds. The van der Waals surface area contributed by atoms with Crippen LogP contribution in [0.25, 0.3) is 68.6 Å². The number of ether oxygens (including phenoxy) is 2. The molecule has 2 aliphatic rings. The van der Waals surface area contributed by atoms with E-state index in [0.717, 1.165) is 109 Å². The Labute approximate surface area is 293 Å². The number of H-pyrrole nitrogens is 2. The van der Waals surface area contributed by atoms with Crippen LogP contribution in [-0.4, -0.2) is 78.9 Å². The van der Waals surface area contributed by atoms with Gasteiger partial charge in [0.15, 0.2) is 0 Å². The van der Waals surface area contributed by atoms with E-state index in [4.69, 9.17) is 19.4 Å². The smallest absolute Gasteiger partial charge is 0.119 e. The summed E-state index contributed by atoms with van der Waals surface area (Å²) in [5, 5.41) is 3.16. The standard InChI is InChI=1S/C42H45N6O2/c1-43-23-5-25-49-35-15-7-29(8-16-35)41-37-19-11-31(44-37)27-33-13-21-39(46-33)42(40-22-14-34(47-40)28-32-12-20-38(41)45-32)30-9-17-36(18-10-30)50-26-6-24-48(2,3)4/h7-22,27-28,43-44,47H,5-6,23-26H2,1-4H3/q+1. The number of aromatic nitrogens is 4. The molecule has 0 radical (unpaired) electrons. The number of nitrogens with zero attached hydrogens (tertiary/aromatic N) is 3. The van der Waals surface area contributed by atoms with Crippen LogP contribution in [0.2, 0.25) is 0 Å². The molecule has 0 saturated heterocycles. The minimum Gasteiger partial charge on any atom is -0.494 e. The van der Waals surface area contributed by atoms with Gasteiger partial charge in [-0.05, 0) is 116 Å². The third kappa shape index (κ3) is 7.88. The highest BCUT2D eigenvalue weighted by Crippen LogP contribution is 2.33. The highest BCUT2D eigenvalue weighted by molar-refractivity contribution is 5.93. The van der Waals surface area contributed by atoms with Crippen LogP contribution < -0.4 is 14.8 Å². The van der Waals surface area contributed by atoms with E-state index in [-0.39, 0.29) is 0 Å². The summed E-state index contributed by atoms with van der Waals surface area (Å²) in [6.45, 7) is 3.36. The van der Waals surface area contributed by atoms with Crippen LogP contribution in [0.5, 0.6) is 11.5 Å². The fourth-order valence-corrected chi connectivity index (χ4v) is 6.28. The van der Waals surface area contributed by atoms with E-state index in [0.29, 0.717) is 13.2 Å². The number of quaternary nitrogens is 1. The van der Waals surface area contributed by atoms with Gasteiger partial charge in [0.05, 0.1) is 63.7 Å². The van der Waals surface area contributed by atoms with Crippen molar-refractivity contribution in [3.63, 3.8) is 0 Å². The highest BCUT2D eigenvalue weighted by Gasteiger charge is 2.14. The van der Waals surface area contributed by atoms with Gasteiger partial charge in [0.2, 0.25) is 0 Å². The lowest BCUT2D eigenvalue weighted by molar-refractivity contribution is -0.870. The molecule has 8 nitrogen and oxygen atoms in total. The van der Waals surface area contributed by atoms with Gasteiger partial charge in [-0.1, -0.05) is 24.3 Å². The van der Waals surface area contributed by atoms with Crippen molar-refractivity contribution in [2.24, 2.45) is 0 Å². The molecule has 5 heterocycles. The Balaban J connectivity index is 1.28. The minimum absolute atomic E-state index is 0.673. The number of benzene rings is 2. The monoisotopic (exact) mass is 665 g/mol. The van der Waals surface area contributed by atoms with E-state index in [2.05, 4.69) is 134 Å². The summed E-state index contributed by atoms with van der Waals surface area (Å²) >= 11 is 0. The zero-order chi connectivity index (χ0) is 34.5. The fourth-order valence-electron chi connectivity index (χ4n) is 6.28. The molecule has 254 valence electrons. The lowest BCUT2D eigenvalue weighted by Gasteiger charge is -2.23. The summed E-state index contributed by atoms with van der Waals surface area (Å²) in [6.07, 6.45) is 10.3. The molecule has 8 heteroatoms. The number of hydrogen-bond donors (Lipinski definition) is 3. The third-order valence-electron chi connectivity index (χ3n) is 8.77.